The van der Waals surface area contributed by atoms with Crippen LogP contribution in [0.2, 0.25) is 0 Å². The molecular weight excluding hydrogens is 310 g/mol. The highest BCUT2D eigenvalue weighted by Crippen LogP contribution is 2.25. The number of amides is 1. The van der Waals surface area contributed by atoms with E-state index < -0.39 is 10.7 Å². The van der Waals surface area contributed by atoms with Crippen LogP contribution in [-0.4, -0.2) is 38.4 Å². The van der Waals surface area contributed by atoms with E-state index >= 15 is 0 Å². The quantitative estimate of drug-likeness (QED) is 0.619. The summed E-state index contributed by atoms with van der Waals surface area (Å²) in [5.74, 6) is -0.242. The van der Waals surface area contributed by atoms with E-state index in [1.54, 1.807) is 42.3 Å². The number of nitro groups is 1. The van der Waals surface area contributed by atoms with Crippen molar-refractivity contribution in [1.82, 2.24) is 14.5 Å². The second-order valence-corrected chi connectivity index (χ2v) is 5.09. The Morgan fingerprint density at radius 3 is 2.33 bits per heavy atom. The summed E-state index contributed by atoms with van der Waals surface area (Å²) >= 11 is 0. The molecule has 0 saturated heterocycles. The number of nitrogens with zero attached hydrogens (tertiary/aromatic N) is 5. The van der Waals surface area contributed by atoms with E-state index in [-0.39, 0.29) is 11.6 Å². The van der Waals surface area contributed by atoms with Gasteiger partial charge in [0.1, 0.15) is 6.07 Å². The molecule has 0 aliphatic heterocycles. The zero-order chi connectivity index (χ0) is 17.9. The van der Waals surface area contributed by atoms with Crippen LogP contribution in [0, 0.1) is 21.4 Å². The summed E-state index contributed by atoms with van der Waals surface area (Å²) in [7, 11) is 1.54. The molecule has 0 radical (unpaired) electrons. The Labute approximate surface area is 139 Å². The molecule has 0 atom stereocenters. The molecule has 124 valence electrons. The van der Waals surface area contributed by atoms with Crippen LogP contribution in [0.15, 0.2) is 24.3 Å². The number of nitriles is 1. The van der Waals surface area contributed by atoms with Crippen molar-refractivity contribution in [3.8, 4) is 17.5 Å². The minimum atomic E-state index is -0.680. The molecule has 0 N–H and O–H groups in total. The zero-order valence-electron chi connectivity index (χ0n) is 13.7. The van der Waals surface area contributed by atoms with E-state index in [0.29, 0.717) is 30.0 Å². The predicted octanol–water partition coefficient (Wildman–Crippen LogP) is 2.35. The van der Waals surface area contributed by atoms with Crippen LogP contribution in [0.3, 0.4) is 0 Å². The van der Waals surface area contributed by atoms with Crippen molar-refractivity contribution in [2.75, 3.05) is 13.1 Å². The molecule has 1 aromatic heterocycles. The topological polar surface area (TPSA) is 105 Å². The maximum absolute atomic E-state index is 12.3. The van der Waals surface area contributed by atoms with Gasteiger partial charge in [-0.05, 0) is 48.0 Å². The number of hydrogen-bond donors (Lipinski definition) is 0. The number of aromatic nitrogens is 2. The Bertz CT molecular complexity index is 813. The number of imidazole rings is 1. The highest BCUT2D eigenvalue weighted by Gasteiger charge is 2.26. The van der Waals surface area contributed by atoms with Gasteiger partial charge < -0.3 is 15.0 Å². The first-order valence-corrected chi connectivity index (χ1v) is 7.45. The van der Waals surface area contributed by atoms with E-state index in [2.05, 4.69) is 4.98 Å². The lowest BCUT2D eigenvalue weighted by Gasteiger charge is -2.18. The Balaban J connectivity index is 2.41. The molecule has 8 heteroatoms. The molecular formula is C16H17N5O3. The van der Waals surface area contributed by atoms with Gasteiger partial charge in [-0.15, -0.1) is 0 Å². The van der Waals surface area contributed by atoms with Crippen molar-refractivity contribution in [1.29, 1.82) is 5.26 Å². The molecule has 0 spiro atoms. The average Bonchev–Trinajstić information content (AvgIpc) is 2.92. The van der Waals surface area contributed by atoms with Gasteiger partial charge in [0, 0.05) is 31.3 Å². The van der Waals surface area contributed by atoms with E-state index in [1.165, 1.54) is 4.57 Å². The van der Waals surface area contributed by atoms with Crippen LogP contribution in [0.5, 0.6) is 0 Å². The standard InChI is InChI=1S/C16H17N5O3/c1-4-20(5-2)16(22)12-8-6-11(7-9-12)14-18-15(21(23)24)13(10-17)19(14)3/h6-9H,4-5H2,1-3H3. The molecule has 0 saturated carbocycles. The number of hydrogen-bond acceptors (Lipinski definition) is 5. The van der Waals surface area contributed by atoms with Crippen molar-refractivity contribution < 1.29 is 9.72 Å². The maximum atomic E-state index is 12.3. The molecule has 24 heavy (non-hydrogen) atoms. The summed E-state index contributed by atoms with van der Waals surface area (Å²) in [6, 6.07) is 8.44. The van der Waals surface area contributed by atoms with E-state index in [1.807, 2.05) is 13.8 Å². The Kier molecular flexibility index (Phi) is 4.94. The lowest BCUT2D eigenvalue weighted by atomic mass is 10.1. The van der Waals surface area contributed by atoms with Gasteiger partial charge in [0.05, 0.1) is 0 Å². The van der Waals surface area contributed by atoms with Crippen LogP contribution in [0.25, 0.3) is 11.4 Å². The molecule has 1 heterocycles. The summed E-state index contributed by atoms with van der Waals surface area (Å²) in [5, 5.41) is 20.1. The second-order valence-electron chi connectivity index (χ2n) is 5.09. The van der Waals surface area contributed by atoms with Gasteiger partial charge in [0.25, 0.3) is 11.7 Å². The molecule has 0 unspecified atom stereocenters. The first kappa shape index (κ1) is 17.1. The van der Waals surface area contributed by atoms with Gasteiger partial charge in [0.15, 0.2) is 0 Å². The van der Waals surface area contributed by atoms with Gasteiger partial charge in [0.2, 0.25) is 5.69 Å². The maximum Gasteiger partial charge on any atom is 0.400 e. The summed E-state index contributed by atoms with van der Waals surface area (Å²) in [5.41, 5.74) is 1.02. The smallest absolute Gasteiger partial charge is 0.358 e. The lowest BCUT2D eigenvalue weighted by molar-refractivity contribution is -0.389. The van der Waals surface area contributed by atoms with E-state index in [9.17, 15) is 14.9 Å². The van der Waals surface area contributed by atoms with Gasteiger partial charge in [-0.2, -0.15) is 5.26 Å². The number of carbonyl (C=O) groups excluding carboxylic acids is 1. The molecule has 0 aliphatic rings. The van der Waals surface area contributed by atoms with Gasteiger partial charge >= 0.3 is 5.82 Å². The normalized spacial score (nSPS) is 10.2. The minimum absolute atomic E-state index is 0.0740. The van der Waals surface area contributed by atoms with Gasteiger partial charge in [-0.25, -0.2) is 0 Å². The fraction of sp³-hybridized carbons (Fsp3) is 0.312. The van der Waals surface area contributed by atoms with E-state index in [0.717, 1.165) is 0 Å². The molecule has 0 fully saturated rings. The molecule has 1 amide bonds. The summed E-state index contributed by atoms with van der Waals surface area (Å²) in [6.45, 7) is 5.06. The Morgan fingerprint density at radius 1 is 1.33 bits per heavy atom. The molecule has 2 aromatic rings. The molecule has 0 aliphatic carbocycles. The first-order valence-electron chi connectivity index (χ1n) is 7.45. The first-order chi connectivity index (χ1) is 11.4. The highest BCUT2D eigenvalue weighted by atomic mass is 16.6. The van der Waals surface area contributed by atoms with Crippen LogP contribution in [-0.2, 0) is 7.05 Å². The van der Waals surface area contributed by atoms with E-state index in [4.69, 9.17) is 5.26 Å². The molecule has 2 rings (SSSR count). The van der Waals surface area contributed by atoms with Crippen molar-refractivity contribution in [3.05, 3.63) is 45.6 Å². The Hall–Kier alpha value is -3.21. The largest absolute Gasteiger partial charge is 0.400 e. The predicted molar refractivity (Wildman–Crippen MR) is 87.3 cm³/mol. The van der Waals surface area contributed by atoms with Crippen LogP contribution in [0.4, 0.5) is 5.82 Å². The molecule has 1 aromatic carbocycles. The summed E-state index contributed by atoms with van der Waals surface area (Å²) in [4.78, 5) is 28.2. The van der Waals surface area contributed by atoms with Gasteiger partial charge in [-0.1, -0.05) is 0 Å². The zero-order valence-corrected chi connectivity index (χ0v) is 13.7. The van der Waals surface area contributed by atoms with Crippen molar-refractivity contribution in [3.63, 3.8) is 0 Å². The third-order valence-corrected chi connectivity index (χ3v) is 3.80. The molecule has 0 bridgehead atoms. The lowest BCUT2D eigenvalue weighted by Crippen LogP contribution is -2.30. The number of rotatable bonds is 5. The van der Waals surface area contributed by atoms with Crippen molar-refractivity contribution in [2.24, 2.45) is 7.05 Å². The van der Waals surface area contributed by atoms with Crippen LogP contribution >= 0.6 is 0 Å². The van der Waals surface area contributed by atoms with Crippen LogP contribution < -0.4 is 0 Å². The van der Waals surface area contributed by atoms with Gasteiger partial charge in [-0.3, -0.25) is 9.36 Å². The van der Waals surface area contributed by atoms with Crippen LogP contribution in [0.1, 0.15) is 29.9 Å². The van der Waals surface area contributed by atoms with Crippen molar-refractivity contribution >= 4 is 11.7 Å². The minimum Gasteiger partial charge on any atom is -0.358 e. The second kappa shape index (κ2) is 6.91. The summed E-state index contributed by atoms with van der Waals surface area (Å²) < 4.78 is 1.37. The fourth-order valence-corrected chi connectivity index (χ4v) is 2.45. The number of carbonyl (C=O) groups is 1. The third kappa shape index (κ3) is 2.96. The number of benzene rings is 1. The third-order valence-electron chi connectivity index (χ3n) is 3.80. The molecule has 8 nitrogen and oxygen atoms in total. The Morgan fingerprint density at radius 2 is 1.92 bits per heavy atom. The monoisotopic (exact) mass is 327 g/mol. The van der Waals surface area contributed by atoms with Crippen molar-refractivity contribution in [2.45, 2.75) is 13.8 Å². The SMILES string of the molecule is CCN(CC)C(=O)c1ccc(-c2nc([N+](=O)[O-])c(C#N)n2C)cc1. The highest BCUT2D eigenvalue weighted by molar-refractivity contribution is 5.94. The fourth-order valence-electron chi connectivity index (χ4n) is 2.45. The summed E-state index contributed by atoms with van der Waals surface area (Å²) in [6.07, 6.45) is 0. The average molecular weight is 327 g/mol.